The standard InChI is InChI=1S/C38H39F4N3O5/c1-24-20-45(25(2)23-46)37(48)30-10-7-12-32(43-35(47)19-27-8-6-9-28(18-27)38(40,41)42)36(30)50-34(24)22-44(3)21-26-14-16-29(17-15-26)49-33-13-5-4-11-31(33)39/h4-18,24-25,34,46H,19-23H2,1-3H3,(H,43,47)/t24-,25+,34-/m1/s1. The average Bonchev–Trinajstić information content (AvgIpc) is 3.08. The third-order valence-corrected chi connectivity index (χ3v) is 8.52. The summed E-state index contributed by atoms with van der Waals surface area (Å²) < 4.78 is 66.0. The van der Waals surface area contributed by atoms with Crippen molar-refractivity contribution in [2.45, 2.75) is 45.1 Å². The van der Waals surface area contributed by atoms with Crippen LogP contribution in [-0.4, -0.2) is 65.6 Å². The summed E-state index contributed by atoms with van der Waals surface area (Å²) in [4.78, 5) is 30.6. The van der Waals surface area contributed by atoms with Gasteiger partial charge in [0, 0.05) is 25.6 Å². The highest BCUT2D eigenvalue weighted by molar-refractivity contribution is 6.02. The van der Waals surface area contributed by atoms with Crippen LogP contribution in [0.1, 0.15) is 40.9 Å². The van der Waals surface area contributed by atoms with Gasteiger partial charge in [-0.15, -0.1) is 0 Å². The van der Waals surface area contributed by atoms with Gasteiger partial charge in [0.2, 0.25) is 5.91 Å². The highest BCUT2D eigenvalue weighted by atomic mass is 19.4. The summed E-state index contributed by atoms with van der Waals surface area (Å²) in [6, 6.07) is 22.2. The molecule has 1 aliphatic heterocycles. The van der Waals surface area contributed by atoms with Crippen LogP contribution >= 0.6 is 0 Å². The molecule has 2 N–H and O–H groups in total. The summed E-state index contributed by atoms with van der Waals surface area (Å²) in [5, 5.41) is 12.7. The lowest BCUT2D eigenvalue weighted by Gasteiger charge is -2.38. The highest BCUT2D eigenvalue weighted by Gasteiger charge is 2.35. The smallest absolute Gasteiger partial charge is 0.416 e. The van der Waals surface area contributed by atoms with Gasteiger partial charge in [0.25, 0.3) is 5.91 Å². The van der Waals surface area contributed by atoms with Crippen molar-refractivity contribution in [2.24, 2.45) is 5.92 Å². The first-order valence-electron chi connectivity index (χ1n) is 16.2. The Kier molecular flexibility index (Phi) is 11.4. The minimum absolute atomic E-state index is 0.127. The molecule has 5 rings (SSSR count). The second-order valence-corrected chi connectivity index (χ2v) is 12.6. The number of hydrogen-bond donors (Lipinski definition) is 2. The van der Waals surface area contributed by atoms with Crippen LogP contribution in [0.25, 0.3) is 0 Å². The summed E-state index contributed by atoms with van der Waals surface area (Å²) >= 11 is 0. The van der Waals surface area contributed by atoms with Crippen molar-refractivity contribution in [1.29, 1.82) is 0 Å². The molecule has 1 heterocycles. The minimum atomic E-state index is -4.55. The number of aliphatic hydroxyl groups excluding tert-OH is 1. The molecular formula is C38H39F4N3O5. The maximum atomic E-state index is 14.0. The van der Waals surface area contributed by atoms with Crippen molar-refractivity contribution in [1.82, 2.24) is 9.80 Å². The van der Waals surface area contributed by atoms with E-state index in [1.807, 2.05) is 31.0 Å². The number of para-hydroxylation sites is 2. The lowest BCUT2D eigenvalue weighted by atomic mass is 9.98. The van der Waals surface area contributed by atoms with Crippen LogP contribution in [0.3, 0.4) is 0 Å². The van der Waals surface area contributed by atoms with Crippen molar-refractivity contribution >= 4 is 17.5 Å². The molecule has 0 aliphatic carbocycles. The molecule has 0 fully saturated rings. The van der Waals surface area contributed by atoms with Crippen LogP contribution in [0.15, 0.2) is 91.0 Å². The van der Waals surface area contributed by atoms with Crippen LogP contribution in [0.2, 0.25) is 0 Å². The Morgan fingerprint density at radius 2 is 1.76 bits per heavy atom. The number of likely N-dealkylation sites (N-methyl/N-ethyl adjacent to an activating group) is 1. The number of benzene rings is 4. The SMILES string of the molecule is C[C@@H]1CN([C@@H](C)CO)C(=O)c2cccc(NC(=O)Cc3cccc(C(F)(F)F)c3)c2O[C@@H]1CN(C)Cc1ccc(Oc2ccccc2F)cc1. The normalized spacial score (nSPS) is 17.0. The number of nitrogens with one attached hydrogen (secondary N) is 1. The molecule has 2 amide bonds. The lowest BCUT2D eigenvalue weighted by molar-refractivity contribution is -0.137. The maximum Gasteiger partial charge on any atom is 0.416 e. The van der Waals surface area contributed by atoms with Gasteiger partial charge in [0.15, 0.2) is 17.3 Å². The molecule has 50 heavy (non-hydrogen) atoms. The molecule has 0 aromatic heterocycles. The molecule has 264 valence electrons. The van der Waals surface area contributed by atoms with E-state index in [1.165, 1.54) is 18.2 Å². The van der Waals surface area contributed by atoms with E-state index in [9.17, 15) is 32.3 Å². The third-order valence-electron chi connectivity index (χ3n) is 8.52. The number of anilines is 1. The van der Waals surface area contributed by atoms with Crippen LogP contribution < -0.4 is 14.8 Å². The van der Waals surface area contributed by atoms with Gasteiger partial charge in [-0.3, -0.25) is 14.5 Å². The largest absolute Gasteiger partial charge is 0.486 e. The number of rotatable bonds is 11. The van der Waals surface area contributed by atoms with Gasteiger partial charge < -0.3 is 24.8 Å². The van der Waals surface area contributed by atoms with Crippen LogP contribution in [0, 0.1) is 11.7 Å². The van der Waals surface area contributed by atoms with Gasteiger partial charge in [-0.25, -0.2) is 4.39 Å². The predicted molar refractivity (Wildman–Crippen MR) is 181 cm³/mol. The Morgan fingerprint density at radius 3 is 2.46 bits per heavy atom. The van der Waals surface area contributed by atoms with E-state index in [4.69, 9.17) is 9.47 Å². The number of alkyl halides is 3. The fourth-order valence-corrected chi connectivity index (χ4v) is 5.80. The first-order valence-corrected chi connectivity index (χ1v) is 16.2. The van der Waals surface area contributed by atoms with Crippen molar-refractivity contribution in [3.8, 4) is 17.2 Å². The Labute approximate surface area is 288 Å². The lowest BCUT2D eigenvalue weighted by Crippen LogP contribution is -2.49. The molecule has 12 heteroatoms. The summed E-state index contributed by atoms with van der Waals surface area (Å²) in [5.74, 6) is -0.882. The number of halogens is 4. The minimum Gasteiger partial charge on any atom is -0.486 e. The van der Waals surface area contributed by atoms with E-state index >= 15 is 0 Å². The molecule has 0 spiro atoms. The van der Waals surface area contributed by atoms with Crippen LogP contribution in [-0.2, 0) is 23.9 Å². The first-order chi connectivity index (χ1) is 23.8. The molecule has 3 atom stereocenters. The highest BCUT2D eigenvalue weighted by Crippen LogP contribution is 2.36. The number of carbonyl (C=O) groups excluding carboxylic acids is 2. The molecule has 8 nitrogen and oxygen atoms in total. The number of hydrogen-bond acceptors (Lipinski definition) is 6. The number of fused-ring (bicyclic) bond motifs is 1. The number of carbonyl (C=O) groups is 2. The third kappa shape index (κ3) is 8.99. The molecule has 0 unspecified atom stereocenters. The van der Waals surface area contributed by atoms with E-state index in [1.54, 1.807) is 60.4 Å². The van der Waals surface area contributed by atoms with Gasteiger partial charge in [0.1, 0.15) is 11.9 Å². The molecule has 0 saturated heterocycles. The van der Waals surface area contributed by atoms with E-state index in [0.717, 1.165) is 17.7 Å². The molecule has 0 radical (unpaired) electrons. The molecule has 0 bridgehead atoms. The molecule has 1 aliphatic rings. The quantitative estimate of drug-likeness (QED) is 0.162. The number of ether oxygens (including phenoxy) is 2. The molecule has 4 aromatic carbocycles. The fourth-order valence-electron chi connectivity index (χ4n) is 5.80. The Balaban J connectivity index is 1.35. The van der Waals surface area contributed by atoms with Crippen LogP contribution in [0.5, 0.6) is 17.2 Å². The topological polar surface area (TPSA) is 91.3 Å². The summed E-state index contributed by atoms with van der Waals surface area (Å²) in [7, 11) is 1.92. The van der Waals surface area contributed by atoms with Gasteiger partial charge in [0.05, 0.1) is 35.9 Å². The van der Waals surface area contributed by atoms with Crippen molar-refractivity contribution in [3.63, 3.8) is 0 Å². The Hall–Kier alpha value is -4.94. The Bertz CT molecular complexity index is 1800. The summed E-state index contributed by atoms with van der Waals surface area (Å²) in [6.07, 6.45) is -5.36. The van der Waals surface area contributed by atoms with Crippen molar-refractivity contribution in [2.75, 3.05) is 32.1 Å². The van der Waals surface area contributed by atoms with Gasteiger partial charge in [-0.1, -0.05) is 55.5 Å². The average molecular weight is 694 g/mol. The monoisotopic (exact) mass is 693 g/mol. The Morgan fingerprint density at radius 1 is 1.04 bits per heavy atom. The zero-order valence-electron chi connectivity index (χ0n) is 27.9. The second kappa shape index (κ2) is 15.7. The van der Waals surface area contributed by atoms with Crippen molar-refractivity contribution in [3.05, 3.63) is 119 Å². The van der Waals surface area contributed by atoms with E-state index in [2.05, 4.69) is 5.32 Å². The van der Waals surface area contributed by atoms with Crippen molar-refractivity contribution < 1.29 is 41.7 Å². The first kappa shape index (κ1) is 36.3. The number of aliphatic hydroxyl groups is 1. The van der Waals surface area contributed by atoms with Gasteiger partial charge >= 0.3 is 6.18 Å². The van der Waals surface area contributed by atoms with Gasteiger partial charge in [-0.2, -0.15) is 13.2 Å². The maximum absolute atomic E-state index is 14.0. The van der Waals surface area contributed by atoms with Crippen LogP contribution in [0.4, 0.5) is 23.2 Å². The molecule has 0 saturated carbocycles. The number of nitrogens with zero attached hydrogens (tertiary/aromatic N) is 2. The molecular weight excluding hydrogens is 654 g/mol. The summed E-state index contributed by atoms with van der Waals surface area (Å²) in [5.41, 5.74) is 0.674. The van der Waals surface area contributed by atoms with E-state index < -0.39 is 35.6 Å². The zero-order chi connectivity index (χ0) is 36.0. The summed E-state index contributed by atoms with van der Waals surface area (Å²) in [6.45, 7) is 4.66. The second-order valence-electron chi connectivity index (χ2n) is 12.6. The fraction of sp³-hybridized carbons (Fsp3) is 0.316. The number of amides is 2. The van der Waals surface area contributed by atoms with Gasteiger partial charge in [-0.05, 0) is 67.6 Å². The molecule has 4 aromatic rings. The van der Waals surface area contributed by atoms with E-state index in [0.29, 0.717) is 25.4 Å². The predicted octanol–water partition coefficient (Wildman–Crippen LogP) is 7.17. The zero-order valence-corrected chi connectivity index (χ0v) is 27.9. The van der Waals surface area contributed by atoms with E-state index in [-0.39, 0.29) is 53.2 Å².